The SMILES string of the molecule is Cc1ccc(C)c([C@@H](C)NC(=S)Nc2ncccc2C)c1. The minimum atomic E-state index is 0.147. The van der Waals surface area contributed by atoms with Crippen LogP contribution < -0.4 is 10.6 Å². The molecule has 0 bridgehead atoms. The molecule has 21 heavy (non-hydrogen) atoms. The first kappa shape index (κ1) is 15.4. The third-order valence-corrected chi connectivity index (χ3v) is 3.71. The summed E-state index contributed by atoms with van der Waals surface area (Å²) in [4.78, 5) is 4.29. The molecule has 1 atom stereocenters. The van der Waals surface area contributed by atoms with E-state index >= 15 is 0 Å². The number of nitrogens with zero attached hydrogens (tertiary/aromatic N) is 1. The fourth-order valence-electron chi connectivity index (χ4n) is 2.26. The Morgan fingerprint density at radius 2 is 1.90 bits per heavy atom. The van der Waals surface area contributed by atoms with Crippen molar-refractivity contribution in [2.24, 2.45) is 0 Å². The second-order valence-corrected chi connectivity index (χ2v) is 5.76. The van der Waals surface area contributed by atoms with Crippen LogP contribution in [0.4, 0.5) is 5.82 Å². The topological polar surface area (TPSA) is 37.0 Å². The number of aromatic nitrogens is 1. The van der Waals surface area contributed by atoms with Crippen LogP contribution in [0, 0.1) is 20.8 Å². The minimum absolute atomic E-state index is 0.147. The van der Waals surface area contributed by atoms with E-state index in [2.05, 4.69) is 54.6 Å². The van der Waals surface area contributed by atoms with Gasteiger partial charge in [0.05, 0.1) is 6.04 Å². The smallest absolute Gasteiger partial charge is 0.172 e. The molecule has 110 valence electrons. The molecule has 1 aromatic carbocycles. The van der Waals surface area contributed by atoms with Gasteiger partial charge in [-0.15, -0.1) is 0 Å². The molecule has 0 unspecified atom stereocenters. The second kappa shape index (κ2) is 6.68. The van der Waals surface area contributed by atoms with E-state index in [4.69, 9.17) is 12.2 Å². The number of rotatable bonds is 3. The summed E-state index contributed by atoms with van der Waals surface area (Å²) in [5.74, 6) is 0.795. The molecule has 0 aliphatic carbocycles. The van der Waals surface area contributed by atoms with E-state index in [0.717, 1.165) is 11.4 Å². The van der Waals surface area contributed by atoms with Crippen molar-refractivity contribution in [3.8, 4) is 0 Å². The Kier molecular flexibility index (Phi) is 4.91. The van der Waals surface area contributed by atoms with Crippen molar-refractivity contribution in [1.29, 1.82) is 0 Å². The van der Waals surface area contributed by atoms with E-state index in [0.29, 0.717) is 5.11 Å². The molecule has 0 radical (unpaired) electrons. The van der Waals surface area contributed by atoms with Crippen LogP contribution >= 0.6 is 12.2 Å². The molecule has 0 fully saturated rings. The van der Waals surface area contributed by atoms with Crippen molar-refractivity contribution < 1.29 is 0 Å². The minimum Gasteiger partial charge on any atom is -0.356 e. The number of hydrogen-bond acceptors (Lipinski definition) is 2. The molecule has 2 rings (SSSR count). The summed E-state index contributed by atoms with van der Waals surface area (Å²) in [7, 11) is 0. The Hall–Kier alpha value is -1.94. The number of hydrogen-bond donors (Lipinski definition) is 2. The average Bonchev–Trinajstić information content (AvgIpc) is 2.44. The number of nitrogens with one attached hydrogen (secondary N) is 2. The number of thiocarbonyl (C=S) groups is 1. The van der Waals surface area contributed by atoms with E-state index in [1.807, 2.05) is 19.1 Å². The zero-order chi connectivity index (χ0) is 15.4. The molecule has 4 heteroatoms. The van der Waals surface area contributed by atoms with Crippen LogP contribution in [0.3, 0.4) is 0 Å². The molecule has 1 aromatic heterocycles. The first-order valence-corrected chi connectivity index (χ1v) is 7.44. The predicted molar refractivity (Wildman–Crippen MR) is 92.7 cm³/mol. The van der Waals surface area contributed by atoms with Gasteiger partial charge in [0.2, 0.25) is 0 Å². The first-order valence-electron chi connectivity index (χ1n) is 7.03. The van der Waals surface area contributed by atoms with E-state index in [9.17, 15) is 0 Å². The van der Waals surface area contributed by atoms with Gasteiger partial charge in [-0.3, -0.25) is 0 Å². The lowest BCUT2D eigenvalue weighted by Crippen LogP contribution is -2.31. The van der Waals surface area contributed by atoms with Gasteiger partial charge in [-0.2, -0.15) is 0 Å². The van der Waals surface area contributed by atoms with Gasteiger partial charge in [0, 0.05) is 6.20 Å². The fourth-order valence-corrected chi connectivity index (χ4v) is 2.53. The van der Waals surface area contributed by atoms with Crippen LogP contribution in [0.25, 0.3) is 0 Å². The molecule has 2 N–H and O–H groups in total. The highest BCUT2D eigenvalue weighted by Gasteiger charge is 2.10. The summed E-state index contributed by atoms with van der Waals surface area (Å²) < 4.78 is 0. The van der Waals surface area contributed by atoms with Crippen molar-refractivity contribution in [2.75, 3.05) is 5.32 Å². The Labute approximate surface area is 131 Å². The number of aryl methyl sites for hydroxylation is 3. The zero-order valence-electron chi connectivity index (χ0n) is 12.9. The van der Waals surface area contributed by atoms with Crippen molar-refractivity contribution in [3.05, 3.63) is 58.8 Å². The van der Waals surface area contributed by atoms with Crippen LogP contribution in [0.2, 0.25) is 0 Å². The normalized spacial score (nSPS) is 11.8. The molecule has 3 nitrogen and oxygen atoms in total. The molecule has 1 heterocycles. The standard InChI is InChI=1S/C17H21N3S/c1-11-7-8-12(2)15(10-11)14(4)19-17(21)20-16-13(3)6-5-9-18-16/h5-10,14H,1-4H3,(H2,18,19,20,21)/t14-/m1/s1. The lowest BCUT2D eigenvalue weighted by Gasteiger charge is -2.19. The van der Waals surface area contributed by atoms with E-state index < -0.39 is 0 Å². The Balaban J connectivity index is 2.06. The number of pyridine rings is 1. The van der Waals surface area contributed by atoms with Gasteiger partial charge in [0.15, 0.2) is 5.11 Å². The van der Waals surface area contributed by atoms with Crippen LogP contribution in [-0.2, 0) is 0 Å². The van der Waals surface area contributed by atoms with Gasteiger partial charge in [-0.1, -0.05) is 29.8 Å². The van der Waals surface area contributed by atoms with Crippen LogP contribution in [-0.4, -0.2) is 10.1 Å². The predicted octanol–water partition coefficient (Wildman–Crippen LogP) is 4.05. The summed E-state index contributed by atoms with van der Waals surface area (Å²) in [6.07, 6.45) is 1.76. The van der Waals surface area contributed by atoms with Crippen molar-refractivity contribution in [3.63, 3.8) is 0 Å². The van der Waals surface area contributed by atoms with Gasteiger partial charge >= 0.3 is 0 Å². The number of benzene rings is 1. The summed E-state index contributed by atoms with van der Waals surface area (Å²) in [6, 6.07) is 10.5. The van der Waals surface area contributed by atoms with Gasteiger partial charge < -0.3 is 10.6 Å². The van der Waals surface area contributed by atoms with Crippen LogP contribution in [0.5, 0.6) is 0 Å². The summed E-state index contributed by atoms with van der Waals surface area (Å²) >= 11 is 5.39. The molecule has 0 aliphatic rings. The first-order chi connectivity index (χ1) is 9.97. The van der Waals surface area contributed by atoms with Crippen LogP contribution in [0.15, 0.2) is 36.5 Å². The van der Waals surface area contributed by atoms with Crippen molar-refractivity contribution >= 4 is 23.1 Å². The maximum Gasteiger partial charge on any atom is 0.172 e. The van der Waals surface area contributed by atoms with E-state index in [1.165, 1.54) is 16.7 Å². The third kappa shape index (κ3) is 4.02. The highest BCUT2D eigenvalue weighted by molar-refractivity contribution is 7.80. The fraction of sp³-hybridized carbons (Fsp3) is 0.294. The third-order valence-electron chi connectivity index (χ3n) is 3.49. The quantitative estimate of drug-likeness (QED) is 0.838. The van der Waals surface area contributed by atoms with Gasteiger partial charge in [-0.25, -0.2) is 4.98 Å². The maximum atomic E-state index is 5.39. The van der Waals surface area contributed by atoms with E-state index in [1.54, 1.807) is 6.20 Å². The summed E-state index contributed by atoms with van der Waals surface area (Å²) in [5, 5.41) is 7.06. The maximum absolute atomic E-state index is 5.39. The van der Waals surface area contributed by atoms with Gasteiger partial charge in [0.1, 0.15) is 5.82 Å². The van der Waals surface area contributed by atoms with Gasteiger partial charge in [-0.05, 0) is 62.7 Å². The molecule has 0 aliphatic heterocycles. The molecule has 2 aromatic rings. The molecular formula is C17H21N3S. The molecule has 0 saturated carbocycles. The molecule has 0 amide bonds. The van der Waals surface area contributed by atoms with E-state index in [-0.39, 0.29) is 6.04 Å². The zero-order valence-corrected chi connectivity index (χ0v) is 13.7. The molecule has 0 spiro atoms. The summed E-state index contributed by atoms with van der Waals surface area (Å²) in [6.45, 7) is 8.34. The Bertz CT molecular complexity index is 652. The summed E-state index contributed by atoms with van der Waals surface area (Å²) in [5.41, 5.74) is 4.85. The molecular weight excluding hydrogens is 278 g/mol. The molecule has 0 saturated heterocycles. The van der Waals surface area contributed by atoms with Crippen molar-refractivity contribution in [2.45, 2.75) is 33.7 Å². The highest BCUT2D eigenvalue weighted by atomic mass is 32.1. The average molecular weight is 299 g/mol. The largest absolute Gasteiger partial charge is 0.356 e. The Morgan fingerprint density at radius 3 is 2.62 bits per heavy atom. The van der Waals surface area contributed by atoms with Crippen LogP contribution in [0.1, 0.15) is 35.2 Å². The lowest BCUT2D eigenvalue weighted by molar-refractivity contribution is 0.716. The number of anilines is 1. The monoisotopic (exact) mass is 299 g/mol. The highest BCUT2D eigenvalue weighted by Crippen LogP contribution is 2.19. The Morgan fingerprint density at radius 1 is 1.14 bits per heavy atom. The van der Waals surface area contributed by atoms with Crippen molar-refractivity contribution in [1.82, 2.24) is 10.3 Å². The second-order valence-electron chi connectivity index (χ2n) is 5.35. The van der Waals surface area contributed by atoms with Gasteiger partial charge in [0.25, 0.3) is 0 Å². The lowest BCUT2D eigenvalue weighted by atomic mass is 10.0.